The number of H-pyrrole nitrogens is 1. The fraction of sp³-hybridized carbons (Fsp3) is 0.424. The zero-order valence-corrected chi connectivity index (χ0v) is 50.6. The Labute approximate surface area is 525 Å². The number of hydrogen-bond donors (Lipinski definition) is 18. The van der Waals surface area contributed by atoms with Gasteiger partial charge in [0.1, 0.15) is 53.9 Å². The summed E-state index contributed by atoms with van der Waals surface area (Å²) in [5.74, 6) is -21.4. The summed E-state index contributed by atoms with van der Waals surface area (Å²) in [5.41, 5.74) is 7.29. The van der Waals surface area contributed by atoms with E-state index in [0.717, 1.165) is 25.0 Å². The third-order valence-corrected chi connectivity index (χ3v) is 13.9. The summed E-state index contributed by atoms with van der Waals surface area (Å²) in [6.45, 7) is 2.98. The summed E-state index contributed by atoms with van der Waals surface area (Å²) < 4.78 is 17.0. The molecule has 0 saturated carbocycles. The molecular weight excluding hydrogens is 1210 g/mol. The van der Waals surface area contributed by atoms with E-state index in [4.69, 9.17) is 5.73 Å². The zero-order valence-electron chi connectivity index (χ0n) is 50.6. The van der Waals surface area contributed by atoms with Gasteiger partial charge in [-0.25, -0.2) is 14.2 Å². The highest BCUT2D eigenvalue weighted by atomic mass is 19.1. The first kappa shape index (κ1) is 74.2. The molecule has 0 saturated heterocycles. The lowest BCUT2D eigenvalue weighted by Crippen LogP contribution is -2.67. The number of aromatic amines is 1. The van der Waals surface area contributed by atoms with Crippen LogP contribution in [0.2, 0.25) is 0 Å². The zero-order chi connectivity index (χ0) is 68.6. The molecule has 4 aromatic rings. The second kappa shape index (κ2) is 34.6. The van der Waals surface area contributed by atoms with Crippen LogP contribution in [-0.4, -0.2) is 203 Å². The predicted molar refractivity (Wildman–Crippen MR) is 320 cm³/mol. The lowest BCUT2D eigenvalue weighted by Gasteiger charge is -2.32. The van der Waals surface area contributed by atoms with Crippen LogP contribution in [0.3, 0.4) is 0 Å². The molecule has 0 bridgehead atoms. The van der Waals surface area contributed by atoms with Crippen LogP contribution >= 0.6 is 0 Å². The molecule has 0 aliphatic carbocycles. The lowest BCUT2D eigenvalue weighted by atomic mass is 10.0. The normalized spacial score (nSPS) is 15.1. The number of nitrogens with zero attached hydrogens (tertiary/aromatic N) is 1. The molecule has 0 aliphatic rings. The monoisotopic (exact) mass is 1290 g/mol. The van der Waals surface area contributed by atoms with Crippen LogP contribution < -0.4 is 58.9 Å². The highest BCUT2D eigenvalue weighted by Crippen LogP contribution is 2.21. The van der Waals surface area contributed by atoms with Gasteiger partial charge in [0.25, 0.3) is 11.7 Å². The largest absolute Gasteiger partial charge is 0.481 e. The second-order valence-corrected chi connectivity index (χ2v) is 21.9. The van der Waals surface area contributed by atoms with Crippen molar-refractivity contribution in [2.75, 3.05) is 13.2 Å². The van der Waals surface area contributed by atoms with Gasteiger partial charge in [-0.3, -0.25) is 57.5 Å². The van der Waals surface area contributed by atoms with E-state index in [1.807, 2.05) is 35.6 Å². The van der Waals surface area contributed by atoms with Crippen LogP contribution in [0.25, 0.3) is 11.1 Å². The summed E-state index contributed by atoms with van der Waals surface area (Å²) in [4.78, 5) is 177. The van der Waals surface area contributed by atoms with Crippen LogP contribution in [0.1, 0.15) is 70.7 Å². The first-order valence-corrected chi connectivity index (χ1v) is 28.5. The lowest BCUT2D eigenvalue weighted by molar-refractivity contribution is -0.153. The number of nitrogens with one attached hydrogen (secondary N) is 11. The maximum atomic E-state index is 17.0. The van der Waals surface area contributed by atoms with E-state index in [-0.39, 0.29) is 18.4 Å². The molecule has 92 heavy (non-hydrogen) atoms. The number of carboxylic acids is 3. The Hall–Kier alpha value is -10.3. The first-order chi connectivity index (χ1) is 43.2. The summed E-state index contributed by atoms with van der Waals surface area (Å²) in [7, 11) is 0. The number of carbonyl (C=O) groups excluding carboxylic acids is 10. The number of aliphatic hydroxyl groups is 3. The summed E-state index contributed by atoms with van der Waals surface area (Å²) >= 11 is 0. The van der Waals surface area contributed by atoms with Crippen molar-refractivity contribution in [2.45, 2.75) is 145 Å². The minimum absolute atomic E-state index is 0.0122. The molecule has 498 valence electrons. The first-order valence-electron chi connectivity index (χ1n) is 28.5. The fourth-order valence-electron chi connectivity index (χ4n) is 8.61. The van der Waals surface area contributed by atoms with E-state index in [2.05, 4.69) is 47.2 Å². The maximum Gasteiger partial charge on any atom is 0.326 e. The highest BCUT2D eigenvalue weighted by molar-refractivity contribution is 6.00. The number of nitrogens with two attached hydrogens (primary N) is 1. The van der Waals surface area contributed by atoms with E-state index in [9.17, 15) is 93.0 Å². The smallest absolute Gasteiger partial charge is 0.326 e. The standard InChI is InChI=1S/C59H76FN13O19/c1-30(48(82)68-42(55(89)90)23-34-16-18-36(19-17-34)35-14-10-7-11-15-35)65-51(85)41(25-46(80)81)66-52(86)43(28-74)70-57(92)59(60,32(3)76)73-53(87)40(22-33-12-8-6-9-13-33)67-54(88)47(31(2)75)71-44(77)27-63-50(84)39(20-21-45(78)79)69-56(91)58(4,5)72-49(83)38(61)24-37-26-62-29-64-37/h6-19,26,29-32,38-43,47,74-76H,20-25,27-28,61H2,1-5H3,(H,62,64)(H,63,84)(H,65,85)(H,66,86)(H,67,88)(H,68,82)(H,69,91)(H,70,92)(H,71,77)(H,72,83)(H,73,87)(H,78,79)(H,80,81)(H,89,90)/t30-,31+,32+,38-,39-,40-,41-,42-,43-,47-,59-/m0/s1. The van der Waals surface area contributed by atoms with Crippen molar-refractivity contribution in [1.29, 1.82) is 0 Å². The molecule has 1 aromatic heterocycles. The predicted octanol–water partition coefficient (Wildman–Crippen LogP) is -4.18. The number of carboxylic acid groups (broad SMARTS) is 3. The Balaban J connectivity index is 1.43. The number of carbonyl (C=O) groups is 13. The Morgan fingerprint density at radius 2 is 1.13 bits per heavy atom. The molecule has 0 spiro atoms. The quantitative estimate of drug-likeness (QED) is 0.0192. The Morgan fingerprint density at radius 1 is 0.576 bits per heavy atom. The van der Waals surface area contributed by atoms with Gasteiger partial charge in [0.15, 0.2) is 0 Å². The van der Waals surface area contributed by atoms with Crippen molar-refractivity contribution < 1.29 is 97.4 Å². The fourth-order valence-corrected chi connectivity index (χ4v) is 8.61. The number of aliphatic carboxylic acids is 3. The molecule has 3 aromatic carbocycles. The molecule has 0 aliphatic heterocycles. The Bertz CT molecular complexity index is 3250. The minimum atomic E-state index is -3.96. The van der Waals surface area contributed by atoms with Crippen molar-refractivity contribution in [3.63, 3.8) is 0 Å². The van der Waals surface area contributed by atoms with E-state index in [1.54, 1.807) is 41.0 Å². The average molecular weight is 1290 g/mol. The van der Waals surface area contributed by atoms with Crippen molar-refractivity contribution in [2.24, 2.45) is 5.73 Å². The summed E-state index contributed by atoms with van der Waals surface area (Å²) in [5, 5.41) is 81.6. The summed E-state index contributed by atoms with van der Waals surface area (Å²) in [6, 6.07) is 9.43. The average Bonchev–Trinajstić information content (AvgIpc) is 1.12. The molecule has 33 heteroatoms. The third kappa shape index (κ3) is 23.0. The number of rotatable bonds is 36. The van der Waals surface area contributed by atoms with Crippen LogP contribution in [-0.2, 0) is 81.6 Å². The van der Waals surface area contributed by atoms with Crippen molar-refractivity contribution in [3.05, 3.63) is 114 Å². The van der Waals surface area contributed by atoms with Gasteiger partial charge in [0.05, 0.1) is 38.0 Å². The molecule has 11 atom stereocenters. The molecule has 4 rings (SSSR count). The number of aliphatic hydroxyl groups excluding tert-OH is 3. The number of amides is 10. The number of aromatic nitrogens is 2. The molecule has 0 radical (unpaired) electrons. The Kier molecular flexibility index (Phi) is 27.9. The van der Waals surface area contributed by atoms with Gasteiger partial charge in [-0.2, -0.15) is 0 Å². The molecule has 19 N–H and O–H groups in total. The van der Waals surface area contributed by atoms with E-state index < -0.39 is 188 Å². The van der Waals surface area contributed by atoms with Crippen LogP contribution in [0.4, 0.5) is 4.39 Å². The van der Waals surface area contributed by atoms with Gasteiger partial charge in [-0.15, -0.1) is 0 Å². The van der Waals surface area contributed by atoms with E-state index in [0.29, 0.717) is 18.2 Å². The van der Waals surface area contributed by atoms with Crippen LogP contribution in [0.5, 0.6) is 0 Å². The minimum Gasteiger partial charge on any atom is -0.481 e. The van der Waals surface area contributed by atoms with Gasteiger partial charge in [0.2, 0.25) is 53.2 Å². The van der Waals surface area contributed by atoms with Gasteiger partial charge < -0.3 is 94.5 Å². The highest BCUT2D eigenvalue weighted by Gasteiger charge is 2.48. The van der Waals surface area contributed by atoms with Gasteiger partial charge in [-0.1, -0.05) is 84.9 Å². The topological polar surface area (TPSA) is 518 Å². The molecule has 1 heterocycles. The molecular formula is C59H76FN13O19. The number of hydrogen-bond acceptors (Lipinski definition) is 18. The molecule has 32 nitrogen and oxygen atoms in total. The molecule has 0 fully saturated rings. The third-order valence-electron chi connectivity index (χ3n) is 13.9. The maximum absolute atomic E-state index is 17.0. The number of halogens is 1. The van der Waals surface area contributed by atoms with Crippen molar-refractivity contribution >= 4 is 77.0 Å². The van der Waals surface area contributed by atoms with Crippen LogP contribution in [0.15, 0.2) is 97.5 Å². The second-order valence-electron chi connectivity index (χ2n) is 21.9. The summed E-state index contributed by atoms with van der Waals surface area (Å²) in [6.07, 6.45) is -4.61. The van der Waals surface area contributed by atoms with Crippen LogP contribution in [0, 0.1) is 0 Å². The van der Waals surface area contributed by atoms with E-state index in [1.165, 1.54) is 50.6 Å². The van der Waals surface area contributed by atoms with Crippen molar-refractivity contribution in [1.82, 2.24) is 63.1 Å². The number of imidazole rings is 1. The Morgan fingerprint density at radius 3 is 1.68 bits per heavy atom. The van der Waals surface area contributed by atoms with Gasteiger partial charge in [0, 0.05) is 37.6 Å². The number of benzene rings is 3. The van der Waals surface area contributed by atoms with E-state index >= 15 is 4.39 Å². The van der Waals surface area contributed by atoms with Gasteiger partial charge >= 0.3 is 17.9 Å². The SMILES string of the molecule is C[C@H](NC(=O)[C@H](CC(=O)O)NC(=O)[C@H](CO)NC(=O)[C@@](F)(NC(=O)[C@H](Cc1ccccc1)NC(=O)[C@@H](NC(=O)CNC(=O)[C@H](CCC(=O)O)NC(=O)C(C)(C)NC(=O)[C@@H](N)Cc1cnc[nH]1)[C@@H](C)O)[C@@H](C)O)C(=O)N[C@@H](Cc1ccc(-c2ccccc2)cc1)C(=O)O. The molecule has 0 unspecified atom stereocenters. The van der Waals surface area contributed by atoms with Gasteiger partial charge in [-0.05, 0) is 63.3 Å². The number of alkyl halides is 1. The van der Waals surface area contributed by atoms with Crippen molar-refractivity contribution in [3.8, 4) is 11.1 Å². The molecule has 10 amide bonds.